The van der Waals surface area contributed by atoms with E-state index in [2.05, 4.69) is 26.0 Å². The Bertz CT molecular complexity index is 995. The highest BCUT2D eigenvalue weighted by Crippen LogP contribution is 2.30. The van der Waals surface area contributed by atoms with Gasteiger partial charge in [0.2, 0.25) is 0 Å². The smallest absolute Gasteiger partial charge is 0.194 e. The number of hydrogen-bond donors (Lipinski definition) is 0. The Hall–Kier alpha value is -2.62. The van der Waals surface area contributed by atoms with Crippen LogP contribution in [0.4, 0.5) is 17.6 Å². The van der Waals surface area contributed by atoms with Crippen molar-refractivity contribution in [1.29, 1.82) is 0 Å². The average Bonchev–Trinajstić information content (AvgIpc) is 2.78. The highest BCUT2D eigenvalue weighted by atomic mass is 19.2. The van der Waals surface area contributed by atoms with Crippen LogP contribution >= 0.6 is 0 Å². The lowest BCUT2D eigenvalue weighted by Crippen LogP contribution is -2.00. The molecule has 3 aromatic rings. The Morgan fingerprint density at radius 1 is 0.625 bits per heavy atom. The highest BCUT2D eigenvalue weighted by Gasteiger charge is 2.15. The Labute approximate surface area is 188 Å². The van der Waals surface area contributed by atoms with Gasteiger partial charge >= 0.3 is 0 Å². The Morgan fingerprint density at radius 2 is 1.19 bits per heavy atom. The molecule has 0 saturated carbocycles. The van der Waals surface area contributed by atoms with Crippen molar-refractivity contribution in [2.45, 2.75) is 58.8 Å². The van der Waals surface area contributed by atoms with Gasteiger partial charge < -0.3 is 0 Å². The summed E-state index contributed by atoms with van der Waals surface area (Å²) < 4.78 is 54.9. The summed E-state index contributed by atoms with van der Waals surface area (Å²) >= 11 is 0. The number of rotatable bonds is 10. The average molecular weight is 443 g/mol. The Kier molecular flexibility index (Phi) is 8.49. The van der Waals surface area contributed by atoms with Gasteiger partial charge in [0.25, 0.3) is 0 Å². The summed E-state index contributed by atoms with van der Waals surface area (Å²) in [6.07, 6.45) is 8.51. The van der Waals surface area contributed by atoms with E-state index >= 15 is 0 Å². The van der Waals surface area contributed by atoms with E-state index < -0.39 is 23.3 Å². The van der Waals surface area contributed by atoms with E-state index in [9.17, 15) is 17.6 Å². The summed E-state index contributed by atoms with van der Waals surface area (Å²) in [6, 6.07) is 14.2. The van der Waals surface area contributed by atoms with Gasteiger partial charge in [-0.1, -0.05) is 82.3 Å². The molecule has 0 aromatic heterocycles. The maximum Gasteiger partial charge on any atom is 0.194 e. The van der Waals surface area contributed by atoms with Crippen LogP contribution in [0.5, 0.6) is 0 Å². The Balaban J connectivity index is 1.68. The van der Waals surface area contributed by atoms with Gasteiger partial charge in [-0.2, -0.15) is 0 Å². The molecule has 0 bridgehead atoms. The molecule has 3 rings (SSSR count). The van der Waals surface area contributed by atoms with Crippen LogP contribution in [0.15, 0.2) is 54.6 Å². The van der Waals surface area contributed by atoms with Gasteiger partial charge in [0.1, 0.15) is 5.82 Å². The first-order chi connectivity index (χ1) is 15.4. The van der Waals surface area contributed by atoms with E-state index in [4.69, 9.17) is 0 Å². The van der Waals surface area contributed by atoms with Crippen LogP contribution in [-0.4, -0.2) is 0 Å². The summed E-state index contributed by atoms with van der Waals surface area (Å²) in [6.45, 7) is 4.49. The van der Waals surface area contributed by atoms with Crippen LogP contribution in [0.25, 0.3) is 22.3 Å². The standard InChI is InChI=1S/C28H30F4/c1-3-6-19(7-4-2)8-5-9-20-10-12-21(13-11-20)22-14-15-24(25(29)16-22)23-17-26(30)28(32)27(31)18-23/h10-19H,3-9H2,1-2H3. The molecule has 170 valence electrons. The van der Waals surface area contributed by atoms with E-state index in [1.807, 2.05) is 12.1 Å². The topological polar surface area (TPSA) is 0 Å². The number of benzene rings is 3. The predicted molar refractivity (Wildman–Crippen MR) is 123 cm³/mol. The summed E-state index contributed by atoms with van der Waals surface area (Å²) in [5.41, 5.74) is 2.79. The van der Waals surface area contributed by atoms with Gasteiger partial charge in [-0.15, -0.1) is 0 Å². The first-order valence-electron chi connectivity index (χ1n) is 11.5. The van der Waals surface area contributed by atoms with Crippen molar-refractivity contribution >= 4 is 0 Å². The van der Waals surface area contributed by atoms with Crippen molar-refractivity contribution in [3.05, 3.63) is 83.4 Å². The predicted octanol–water partition coefficient (Wildman–Crippen LogP) is 9.12. The minimum atomic E-state index is -1.56. The molecule has 0 fully saturated rings. The fourth-order valence-electron chi connectivity index (χ4n) is 4.35. The van der Waals surface area contributed by atoms with Crippen molar-refractivity contribution in [1.82, 2.24) is 0 Å². The van der Waals surface area contributed by atoms with Crippen molar-refractivity contribution < 1.29 is 17.6 Å². The third kappa shape index (κ3) is 5.99. The summed E-state index contributed by atoms with van der Waals surface area (Å²) in [5.74, 6) is -4.04. The van der Waals surface area contributed by atoms with Crippen LogP contribution in [-0.2, 0) is 6.42 Å². The van der Waals surface area contributed by atoms with E-state index in [1.54, 1.807) is 6.07 Å². The second-order valence-corrected chi connectivity index (χ2v) is 8.48. The first-order valence-corrected chi connectivity index (χ1v) is 11.5. The summed E-state index contributed by atoms with van der Waals surface area (Å²) in [4.78, 5) is 0. The zero-order valence-corrected chi connectivity index (χ0v) is 18.7. The van der Waals surface area contributed by atoms with Crippen molar-refractivity contribution in [2.24, 2.45) is 5.92 Å². The summed E-state index contributed by atoms with van der Waals surface area (Å²) in [7, 11) is 0. The number of aryl methyl sites for hydroxylation is 1. The van der Waals surface area contributed by atoms with E-state index in [1.165, 1.54) is 49.8 Å². The second-order valence-electron chi connectivity index (χ2n) is 8.48. The SMILES string of the molecule is CCCC(CCC)CCCc1ccc(-c2ccc(-c3cc(F)c(F)c(F)c3)c(F)c2)cc1. The molecule has 0 aliphatic carbocycles. The quantitative estimate of drug-likeness (QED) is 0.217. The highest BCUT2D eigenvalue weighted by molar-refractivity contribution is 5.71. The van der Waals surface area contributed by atoms with Crippen LogP contribution in [0.1, 0.15) is 57.9 Å². The van der Waals surface area contributed by atoms with Crippen LogP contribution in [0, 0.1) is 29.2 Å². The maximum absolute atomic E-state index is 14.7. The lowest BCUT2D eigenvalue weighted by Gasteiger charge is -2.15. The third-order valence-corrected chi connectivity index (χ3v) is 6.02. The van der Waals surface area contributed by atoms with E-state index in [0.717, 1.165) is 36.5 Å². The molecule has 0 heterocycles. The van der Waals surface area contributed by atoms with Gasteiger partial charge in [-0.3, -0.25) is 0 Å². The molecule has 0 N–H and O–H groups in total. The van der Waals surface area contributed by atoms with Gasteiger partial charge in [0.15, 0.2) is 17.5 Å². The first kappa shape index (κ1) is 24.0. The minimum absolute atomic E-state index is 0.0249. The monoisotopic (exact) mass is 442 g/mol. The lowest BCUT2D eigenvalue weighted by atomic mass is 9.91. The van der Waals surface area contributed by atoms with Gasteiger partial charge in [0, 0.05) is 5.56 Å². The van der Waals surface area contributed by atoms with E-state index in [0.29, 0.717) is 5.56 Å². The molecule has 0 atom stereocenters. The largest absolute Gasteiger partial charge is 0.206 e. The van der Waals surface area contributed by atoms with Crippen LogP contribution < -0.4 is 0 Å². The molecular weight excluding hydrogens is 412 g/mol. The molecule has 32 heavy (non-hydrogen) atoms. The Morgan fingerprint density at radius 3 is 1.75 bits per heavy atom. The normalized spacial score (nSPS) is 11.3. The zero-order valence-electron chi connectivity index (χ0n) is 18.7. The zero-order chi connectivity index (χ0) is 23.1. The van der Waals surface area contributed by atoms with Gasteiger partial charge in [0.05, 0.1) is 0 Å². The second kappa shape index (κ2) is 11.3. The lowest BCUT2D eigenvalue weighted by molar-refractivity contribution is 0.400. The third-order valence-electron chi connectivity index (χ3n) is 6.02. The molecule has 0 aliphatic rings. The van der Waals surface area contributed by atoms with Gasteiger partial charge in [-0.25, -0.2) is 17.6 Å². The molecule has 0 amide bonds. The van der Waals surface area contributed by atoms with Crippen molar-refractivity contribution in [3.8, 4) is 22.3 Å². The molecule has 0 radical (unpaired) electrons. The molecule has 0 aliphatic heterocycles. The fourth-order valence-corrected chi connectivity index (χ4v) is 4.35. The molecule has 0 unspecified atom stereocenters. The molecule has 4 heteroatoms. The van der Waals surface area contributed by atoms with Crippen molar-refractivity contribution in [3.63, 3.8) is 0 Å². The number of halogens is 4. The van der Waals surface area contributed by atoms with E-state index in [-0.39, 0.29) is 11.1 Å². The minimum Gasteiger partial charge on any atom is -0.206 e. The van der Waals surface area contributed by atoms with Crippen LogP contribution in [0.3, 0.4) is 0 Å². The van der Waals surface area contributed by atoms with Crippen LogP contribution in [0.2, 0.25) is 0 Å². The molecular formula is C28H30F4. The molecule has 3 aromatic carbocycles. The number of hydrogen-bond acceptors (Lipinski definition) is 0. The fraction of sp³-hybridized carbons (Fsp3) is 0.357. The molecule has 0 nitrogen and oxygen atoms in total. The summed E-state index contributed by atoms with van der Waals surface area (Å²) in [5, 5.41) is 0. The maximum atomic E-state index is 14.7. The molecule has 0 saturated heterocycles. The molecule has 0 spiro atoms. The van der Waals surface area contributed by atoms with Gasteiger partial charge in [-0.05, 0) is 59.2 Å². The van der Waals surface area contributed by atoms with Crippen molar-refractivity contribution in [2.75, 3.05) is 0 Å².